The SMILES string of the molecule is CC(C)CN(C[C@@H](O)[C@H](Cc1ccccc1)NC(=O)[C@@H](NC(=O)CN1CCCC1)C(C)(C)C)S(=O)(=O)c1ccccc1. The molecule has 0 bridgehead atoms. The van der Waals surface area contributed by atoms with Gasteiger partial charge in [-0.25, -0.2) is 8.42 Å². The van der Waals surface area contributed by atoms with Crippen LogP contribution in [0.25, 0.3) is 0 Å². The molecule has 1 fully saturated rings. The first kappa shape index (κ1) is 33.7. The number of nitrogens with zero attached hydrogens (tertiary/aromatic N) is 2. The average molecular weight is 601 g/mol. The van der Waals surface area contributed by atoms with E-state index < -0.39 is 39.5 Å². The molecular formula is C32H48N4O5S. The highest BCUT2D eigenvalue weighted by Crippen LogP contribution is 2.22. The second-order valence-electron chi connectivity index (χ2n) is 12.8. The van der Waals surface area contributed by atoms with Crippen molar-refractivity contribution in [2.45, 2.75) is 77.0 Å². The normalized spacial score (nSPS) is 16.8. The highest BCUT2D eigenvalue weighted by Gasteiger charge is 2.37. The Morgan fingerprint density at radius 1 is 0.929 bits per heavy atom. The van der Waals surface area contributed by atoms with Gasteiger partial charge in [0.1, 0.15) is 6.04 Å². The minimum Gasteiger partial charge on any atom is -0.390 e. The number of sulfonamides is 1. The van der Waals surface area contributed by atoms with E-state index in [2.05, 4.69) is 15.5 Å². The zero-order valence-corrected chi connectivity index (χ0v) is 26.4. The molecule has 0 unspecified atom stereocenters. The molecule has 2 aromatic carbocycles. The number of aliphatic hydroxyl groups is 1. The van der Waals surface area contributed by atoms with Gasteiger partial charge in [0.25, 0.3) is 0 Å². The van der Waals surface area contributed by atoms with E-state index in [-0.39, 0.29) is 42.8 Å². The summed E-state index contributed by atoms with van der Waals surface area (Å²) in [7, 11) is -3.89. The van der Waals surface area contributed by atoms with E-state index in [0.29, 0.717) is 0 Å². The zero-order valence-electron chi connectivity index (χ0n) is 25.6. The molecule has 42 heavy (non-hydrogen) atoms. The van der Waals surface area contributed by atoms with Crippen LogP contribution in [0.3, 0.4) is 0 Å². The highest BCUT2D eigenvalue weighted by molar-refractivity contribution is 7.89. The molecule has 2 amide bonds. The molecule has 1 aliphatic heterocycles. The third-order valence-corrected chi connectivity index (χ3v) is 9.28. The van der Waals surface area contributed by atoms with Gasteiger partial charge in [0.2, 0.25) is 21.8 Å². The fraction of sp³-hybridized carbons (Fsp3) is 0.562. The van der Waals surface area contributed by atoms with Crippen molar-refractivity contribution in [3.63, 3.8) is 0 Å². The quantitative estimate of drug-likeness (QED) is 0.307. The monoisotopic (exact) mass is 600 g/mol. The minimum absolute atomic E-state index is 0.00828. The van der Waals surface area contributed by atoms with Crippen molar-refractivity contribution in [3.05, 3.63) is 66.2 Å². The van der Waals surface area contributed by atoms with Gasteiger partial charge < -0.3 is 15.7 Å². The topological polar surface area (TPSA) is 119 Å². The van der Waals surface area contributed by atoms with Gasteiger partial charge in [-0.2, -0.15) is 4.31 Å². The molecule has 3 atom stereocenters. The van der Waals surface area contributed by atoms with E-state index in [9.17, 15) is 23.1 Å². The summed E-state index contributed by atoms with van der Waals surface area (Å²) < 4.78 is 28.5. The van der Waals surface area contributed by atoms with Crippen molar-refractivity contribution in [2.75, 3.05) is 32.7 Å². The van der Waals surface area contributed by atoms with E-state index in [4.69, 9.17) is 0 Å². The molecule has 3 N–H and O–H groups in total. The first-order chi connectivity index (χ1) is 19.8. The number of aliphatic hydroxyl groups excluding tert-OH is 1. The third kappa shape index (κ3) is 9.90. The van der Waals surface area contributed by atoms with E-state index in [1.807, 2.05) is 65.0 Å². The molecule has 0 radical (unpaired) electrons. The van der Waals surface area contributed by atoms with E-state index in [1.54, 1.807) is 18.2 Å². The Labute approximate surface area is 251 Å². The lowest BCUT2D eigenvalue weighted by molar-refractivity contribution is -0.133. The van der Waals surface area contributed by atoms with Gasteiger partial charge in [0.15, 0.2) is 0 Å². The van der Waals surface area contributed by atoms with Crippen LogP contribution in [0.1, 0.15) is 53.0 Å². The molecule has 0 aliphatic carbocycles. The number of carbonyl (C=O) groups is 2. The molecule has 10 heteroatoms. The van der Waals surface area contributed by atoms with Gasteiger partial charge in [-0.3, -0.25) is 14.5 Å². The lowest BCUT2D eigenvalue weighted by Crippen LogP contribution is -2.59. The predicted molar refractivity (Wildman–Crippen MR) is 165 cm³/mol. The summed E-state index contributed by atoms with van der Waals surface area (Å²) >= 11 is 0. The highest BCUT2D eigenvalue weighted by atomic mass is 32.2. The number of amides is 2. The smallest absolute Gasteiger partial charge is 0.243 e. The number of rotatable bonds is 14. The Morgan fingerprint density at radius 2 is 1.50 bits per heavy atom. The van der Waals surface area contributed by atoms with Crippen molar-refractivity contribution in [2.24, 2.45) is 11.3 Å². The first-order valence-corrected chi connectivity index (χ1v) is 16.3. The molecule has 3 rings (SSSR count). The lowest BCUT2D eigenvalue weighted by atomic mass is 9.85. The Hall–Kier alpha value is -2.79. The average Bonchev–Trinajstić information content (AvgIpc) is 3.44. The molecule has 9 nitrogen and oxygen atoms in total. The second kappa shape index (κ2) is 15.1. The number of likely N-dealkylation sites (tertiary alicyclic amines) is 1. The Morgan fingerprint density at radius 3 is 2.05 bits per heavy atom. The molecule has 0 spiro atoms. The van der Waals surface area contributed by atoms with Gasteiger partial charge in [-0.05, 0) is 61.4 Å². The largest absolute Gasteiger partial charge is 0.390 e. The maximum atomic E-state index is 13.8. The summed E-state index contributed by atoms with van der Waals surface area (Å²) in [6.07, 6.45) is 1.19. The minimum atomic E-state index is -3.89. The van der Waals surface area contributed by atoms with Gasteiger partial charge in [-0.15, -0.1) is 0 Å². The van der Waals surface area contributed by atoms with Gasteiger partial charge in [0.05, 0.1) is 23.6 Å². The number of carbonyl (C=O) groups excluding carboxylic acids is 2. The zero-order chi connectivity index (χ0) is 30.9. The molecule has 1 saturated heterocycles. The Balaban J connectivity index is 1.84. The fourth-order valence-electron chi connectivity index (χ4n) is 5.20. The number of nitrogens with one attached hydrogen (secondary N) is 2. The van der Waals surface area contributed by atoms with E-state index in [1.165, 1.54) is 16.4 Å². The van der Waals surface area contributed by atoms with Crippen LogP contribution in [0, 0.1) is 11.3 Å². The van der Waals surface area contributed by atoms with Gasteiger partial charge in [-0.1, -0.05) is 83.1 Å². The Kier molecular flexibility index (Phi) is 12.1. The van der Waals surface area contributed by atoms with Crippen molar-refractivity contribution in [3.8, 4) is 0 Å². The van der Waals surface area contributed by atoms with E-state index >= 15 is 0 Å². The number of benzene rings is 2. The Bertz CT molecular complexity index is 1240. The molecule has 232 valence electrons. The van der Waals surface area contributed by atoms with Gasteiger partial charge >= 0.3 is 0 Å². The third-order valence-electron chi connectivity index (χ3n) is 7.43. The summed E-state index contributed by atoms with van der Waals surface area (Å²) in [5, 5.41) is 17.5. The second-order valence-corrected chi connectivity index (χ2v) is 14.7. The summed E-state index contributed by atoms with van der Waals surface area (Å²) in [6, 6.07) is 15.9. The van der Waals surface area contributed by atoms with Crippen LogP contribution in [0.15, 0.2) is 65.6 Å². The molecule has 2 aromatic rings. The van der Waals surface area contributed by atoms with Crippen LogP contribution >= 0.6 is 0 Å². The van der Waals surface area contributed by atoms with Crippen LogP contribution in [-0.2, 0) is 26.0 Å². The number of hydrogen-bond acceptors (Lipinski definition) is 6. The van der Waals surface area contributed by atoms with Crippen molar-refractivity contribution >= 4 is 21.8 Å². The van der Waals surface area contributed by atoms with Crippen LogP contribution < -0.4 is 10.6 Å². The maximum Gasteiger partial charge on any atom is 0.243 e. The molecular weight excluding hydrogens is 552 g/mol. The van der Waals surface area contributed by atoms with Crippen LogP contribution in [0.2, 0.25) is 0 Å². The van der Waals surface area contributed by atoms with E-state index in [0.717, 1.165) is 31.5 Å². The summed E-state index contributed by atoms with van der Waals surface area (Å²) in [6.45, 7) is 11.5. The summed E-state index contributed by atoms with van der Waals surface area (Å²) in [4.78, 5) is 28.9. The fourth-order valence-corrected chi connectivity index (χ4v) is 6.84. The lowest BCUT2D eigenvalue weighted by Gasteiger charge is -2.35. The predicted octanol–water partition coefficient (Wildman–Crippen LogP) is 3.05. The van der Waals surface area contributed by atoms with Crippen molar-refractivity contribution in [1.82, 2.24) is 19.8 Å². The molecule has 1 heterocycles. The first-order valence-electron chi connectivity index (χ1n) is 14.9. The van der Waals surface area contributed by atoms with Crippen LogP contribution in [-0.4, -0.2) is 85.5 Å². The van der Waals surface area contributed by atoms with Crippen LogP contribution in [0.5, 0.6) is 0 Å². The number of hydrogen-bond donors (Lipinski definition) is 3. The van der Waals surface area contributed by atoms with Crippen molar-refractivity contribution in [1.29, 1.82) is 0 Å². The summed E-state index contributed by atoms with van der Waals surface area (Å²) in [5.74, 6) is -0.628. The summed E-state index contributed by atoms with van der Waals surface area (Å²) in [5.41, 5.74) is 0.279. The molecule has 0 aromatic heterocycles. The van der Waals surface area contributed by atoms with Crippen molar-refractivity contribution < 1.29 is 23.1 Å². The van der Waals surface area contributed by atoms with Crippen LogP contribution in [0.4, 0.5) is 0 Å². The standard InChI is InChI=1S/C32H48N4O5S/c1-24(2)21-36(42(40,41)26-16-10-7-11-17-26)22-28(37)27(20-25-14-8-6-9-15-25)33-31(39)30(32(3,4)5)34-29(38)23-35-18-12-13-19-35/h6-11,14-17,24,27-28,30,37H,12-13,18-23H2,1-5H3,(H,33,39)(H,34,38)/t27-,28+,30+/m0/s1. The van der Waals surface area contributed by atoms with Gasteiger partial charge in [0, 0.05) is 13.1 Å². The molecule has 1 aliphatic rings. The maximum absolute atomic E-state index is 13.8. The molecule has 0 saturated carbocycles.